The van der Waals surface area contributed by atoms with Crippen molar-refractivity contribution in [1.82, 2.24) is 4.72 Å². The van der Waals surface area contributed by atoms with Crippen LogP contribution in [0.4, 0.5) is 11.4 Å². The van der Waals surface area contributed by atoms with Crippen molar-refractivity contribution in [2.24, 2.45) is 0 Å². The number of ether oxygens (including phenoxy) is 1. The first kappa shape index (κ1) is 23.7. The molecule has 0 saturated carbocycles. The first-order valence-electron chi connectivity index (χ1n) is 9.16. The Kier molecular flexibility index (Phi) is 7.83. The van der Waals surface area contributed by atoms with Crippen LogP contribution in [0.25, 0.3) is 0 Å². The van der Waals surface area contributed by atoms with Crippen molar-refractivity contribution >= 4 is 44.8 Å². The van der Waals surface area contributed by atoms with E-state index in [0.29, 0.717) is 17.8 Å². The van der Waals surface area contributed by atoms with Gasteiger partial charge in [-0.15, -0.1) is 0 Å². The lowest BCUT2D eigenvalue weighted by atomic mass is 10.1. The first-order chi connectivity index (χ1) is 14.1. The second-order valence-electron chi connectivity index (χ2n) is 6.62. The molecule has 1 unspecified atom stereocenters. The smallest absolute Gasteiger partial charge is 0.259 e. The second kappa shape index (κ2) is 9.92. The summed E-state index contributed by atoms with van der Waals surface area (Å²) in [6.07, 6.45) is 0.665. The average molecular weight is 454 g/mol. The van der Waals surface area contributed by atoms with E-state index in [-0.39, 0.29) is 33.2 Å². The zero-order chi connectivity index (χ0) is 22.5. The topological polar surface area (TPSA) is 114 Å². The van der Waals surface area contributed by atoms with Gasteiger partial charge in [0.2, 0.25) is 15.9 Å². The number of rotatable bonds is 8. The Morgan fingerprint density at radius 1 is 1.13 bits per heavy atom. The van der Waals surface area contributed by atoms with Crippen LogP contribution < -0.4 is 20.1 Å². The van der Waals surface area contributed by atoms with Crippen LogP contribution in [0.2, 0.25) is 5.02 Å². The van der Waals surface area contributed by atoms with Gasteiger partial charge in [-0.1, -0.05) is 18.5 Å². The van der Waals surface area contributed by atoms with Crippen LogP contribution in [0.1, 0.15) is 37.6 Å². The largest absolute Gasteiger partial charge is 0.496 e. The van der Waals surface area contributed by atoms with Crippen LogP contribution in [-0.2, 0) is 14.8 Å². The second-order valence-corrected chi connectivity index (χ2v) is 8.74. The number of methoxy groups -OCH3 is 1. The lowest BCUT2D eigenvalue weighted by molar-refractivity contribution is -0.114. The Balaban J connectivity index is 2.22. The summed E-state index contributed by atoms with van der Waals surface area (Å²) in [5.41, 5.74) is 0.874. The van der Waals surface area contributed by atoms with Gasteiger partial charge in [-0.25, -0.2) is 13.1 Å². The number of nitrogens with one attached hydrogen (secondary N) is 3. The van der Waals surface area contributed by atoms with Gasteiger partial charge in [0.1, 0.15) is 5.75 Å². The Labute approximate surface area is 181 Å². The molecule has 0 aliphatic rings. The van der Waals surface area contributed by atoms with Gasteiger partial charge in [-0.3, -0.25) is 9.59 Å². The molecule has 162 valence electrons. The Morgan fingerprint density at radius 3 is 2.30 bits per heavy atom. The molecule has 10 heteroatoms. The highest BCUT2D eigenvalue weighted by molar-refractivity contribution is 7.89. The minimum atomic E-state index is -3.63. The van der Waals surface area contributed by atoms with Crippen LogP contribution in [-0.4, -0.2) is 33.4 Å². The fraction of sp³-hybridized carbons (Fsp3) is 0.300. The molecule has 0 aliphatic heterocycles. The first-order valence-corrected chi connectivity index (χ1v) is 11.0. The maximum absolute atomic E-state index is 12.7. The van der Waals surface area contributed by atoms with E-state index in [1.165, 1.54) is 50.4 Å². The molecule has 3 N–H and O–H groups in total. The number of carbonyl (C=O) groups is 2. The van der Waals surface area contributed by atoms with E-state index in [4.69, 9.17) is 16.3 Å². The molecule has 0 radical (unpaired) electrons. The summed E-state index contributed by atoms with van der Waals surface area (Å²) in [5, 5.41) is 5.40. The summed E-state index contributed by atoms with van der Waals surface area (Å²) < 4.78 is 32.5. The van der Waals surface area contributed by atoms with Gasteiger partial charge in [0.15, 0.2) is 0 Å². The van der Waals surface area contributed by atoms with Crippen LogP contribution in [0.3, 0.4) is 0 Å². The van der Waals surface area contributed by atoms with E-state index in [2.05, 4.69) is 15.4 Å². The quantitative estimate of drug-likeness (QED) is 0.564. The molecular weight excluding hydrogens is 430 g/mol. The zero-order valence-electron chi connectivity index (χ0n) is 17.1. The normalized spacial score (nSPS) is 12.2. The fourth-order valence-electron chi connectivity index (χ4n) is 2.52. The molecule has 0 bridgehead atoms. The molecule has 2 aromatic carbocycles. The van der Waals surface area contributed by atoms with E-state index in [9.17, 15) is 18.0 Å². The van der Waals surface area contributed by atoms with E-state index < -0.39 is 15.9 Å². The third-order valence-electron chi connectivity index (χ3n) is 4.24. The van der Waals surface area contributed by atoms with Crippen molar-refractivity contribution in [3.63, 3.8) is 0 Å². The molecular formula is C20H24ClN3O5S. The van der Waals surface area contributed by atoms with E-state index in [1.807, 2.05) is 6.92 Å². The fourth-order valence-corrected chi connectivity index (χ4v) is 4.06. The number of anilines is 2. The number of hydrogen-bond donors (Lipinski definition) is 3. The van der Waals surface area contributed by atoms with Gasteiger partial charge >= 0.3 is 0 Å². The molecule has 0 heterocycles. The van der Waals surface area contributed by atoms with Crippen LogP contribution in [0.5, 0.6) is 5.75 Å². The summed E-state index contributed by atoms with van der Waals surface area (Å²) in [4.78, 5) is 24.0. The summed E-state index contributed by atoms with van der Waals surface area (Å²) in [5.74, 6) is -0.594. The number of halogens is 1. The highest BCUT2D eigenvalue weighted by Crippen LogP contribution is 2.31. The third-order valence-corrected chi connectivity index (χ3v) is 6.15. The van der Waals surface area contributed by atoms with Gasteiger partial charge in [0.25, 0.3) is 5.91 Å². The number of sulfonamides is 1. The van der Waals surface area contributed by atoms with Gasteiger partial charge in [-0.05, 0) is 43.7 Å². The molecule has 2 aromatic rings. The maximum atomic E-state index is 12.7. The zero-order valence-corrected chi connectivity index (χ0v) is 18.6. The minimum absolute atomic E-state index is 0.0982. The Hall–Kier alpha value is -2.62. The summed E-state index contributed by atoms with van der Waals surface area (Å²) >= 11 is 6.15. The number of benzene rings is 2. The molecule has 2 rings (SSSR count). The van der Waals surface area contributed by atoms with Crippen molar-refractivity contribution in [3.05, 3.63) is 47.0 Å². The maximum Gasteiger partial charge on any atom is 0.259 e. The van der Waals surface area contributed by atoms with E-state index >= 15 is 0 Å². The molecule has 30 heavy (non-hydrogen) atoms. The van der Waals surface area contributed by atoms with Gasteiger partial charge < -0.3 is 15.4 Å². The Morgan fingerprint density at radius 2 is 1.77 bits per heavy atom. The molecule has 8 nitrogen and oxygen atoms in total. The number of hydrogen-bond acceptors (Lipinski definition) is 5. The highest BCUT2D eigenvalue weighted by atomic mass is 35.5. The number of amides is 2. The van der Waals surface area contributed by atoms with Crippen molar-refractivity contribution in [2.75, 3.05) is 17.7 Å². The van der Waals surface area contributed by atoms with Gasteiger partial charge in [-0.2, -0.15) is 0 Å². The summed E-state index contributed by atoms with van der Waals surface area (Å²) in [6.45, 7) is 5.00. The minimum Gasteiger partial charge on any atom is -0.496 e. The van der Waals surface area contributed by atoms with Crippen molar-refractivity contribution in [1.29, 1.82) is 0 Å². The lowest BCUT2D eigenvalue weighted by Crippen LogP contribution is -2.31. The lowest BCUT2D eigenvalue weighted by Gasteiger charge is -2.14. The third kappa shape index (κ3) is 5.94. The molecule has 0 aromatic heterocycles. The van der Waals surface area contributed by atoms with Gasteiger partial charge in [0.05, 0.1) is 28.3 Å². The van der Waals surface area contributed by atoms with E-state index in [1.54, 1.807) is 6.92 Å². The average Bonchev–Trinajstić information content (AvgIpc) is 2.68. The molecule has 1 atom stereocenters. The summed E-state index contributed by atoms with van der Waals surface area (Å²) in [6, 6.07) is 8.44. The summed E-state index contributed by atoms with van der Waals surface area (Å²) in [7, 11) is -2.24. The van der Waals surface area contributed by atoms with Crippen LogP contribution in [0, 0.1) is 0 Å². The SMILES string of the molecule is CCC(C)NS(=O)(=O)c1ccc(NC(=O)c2cc(Cl)c(NC(C)=O)cc2OC)cc1. The Bertz CT molecular complexity index is 1040. The van der Waals surface area contributed by atoms with E-state index in [0.717, 1.165) is 0 Å². The molecule has 0 fully saturated rings. The highest BCUT2D eigenvalue weighted by Gasteiger charge is 2.19. The molecule has 0 saturated heterocycles. The van der Waals surface area contributed by atoms with Crippen LogP contribution >= 0.6 is 11.6 Å². The molecule has 0 spiro atoms. The van der Waals surface area contributed by atoms with Crippen molar-refractivity contribution < 1.29 is 22.7 Å². The number of carbonyl (C=O) groups excluding carboxylic acids is 2. The molecule has 0 aliphatic carbocycles. The van der Waals surface area contributed by atoms with Gasteiger partial charge in [0, 0.05) is 24.7 Å². The monoisotopic (exact) mass is 453 g/mol. The van der Waals surface area contributed by atoms with Crippen molar-refractivity contribution in [3.8, 4) is 5.75 Å². The van der Waals surface area contributed by atoms with Crippen LogP contribution in [0.15, 0.2) is 41.3 Å². The standard InChI is InChI=1S/C20H24ClN3O5S/c1-5-12(2)24-30(27,28)15-8-6-14(7-9-15)23-20(26)16-10-17(21)18(22-13(3)25)11-19(16)29-4/h6-12,24H,5H2,1-4H3,(H,22,25)(H,23,26). The van der Waals surface area contributed by atoms with Crippen molar-refractivity contribution in [2.45, 2.75) is 38.1 Å². The predicted molar refractivity (Wildman–Crippen MR) is 117 cm³/mol. The predicted octanol–water partition coefficient (Wildman–Crippen LogP) is 3.64. The molecule has 2 amide bonds.